The molecule has 2 heterocycles. The molecule has 1 saturated heterocycles. The van der Waals surface area contributed by atoms with E-state index in [1.165, 1.54) is 6.42 Å². The van der Waals surface area contributed by atoms with E-state index in [1.54, 1.807) is 11.3 Å². The van der Waals surface area contributed by atoms with Crippen molar-refractivity contribution in [2.75, 3.05) is 13.1 Å². The third kappa shape index (κ3) is 2.21. The molecular weight excluding hydrogens is 256 g/mol. The molecule has 2 fully saturated rings. The van der Waals surface area contributed by atoms with Crippen LogP contribution in [0.15, 0.2) is 16.8 Å². The number of rotatable bonds is 1. The first-order valence-corrected chi connectivity index (χ1v) is 6.77. The molecule has 3 atom stereocenters. The number of hydrogen-bond acceptors (Lipinski definition) is 3. The molecule has 0 radical (unpaired) electrons. The number of carbonyl (C=O) groups is 1. The van der Waals surface area contributed by atoms with E-state index in [0.717, 1.165) is 25.1 Å². The molecular formula is C12H17ClN2OS. The minimum absolute atomic E-state index is 0. The number of nitrogens with two attached hydrogens (primary N) is 1. The summed E-state index contributed by atoms with van der Waals surface area (Å²) < 4.78 is 0. The van der Waals surface area contributed by atoms with Crippen molar-refractivity contribution in [1.29, 1.82) is 0 Å². The molecule has 1 aromatic heterocycles. The molecule has 1 aliphatic heterocycles. The maximum Gasteiger partial charge on any atom is 0.254 e. The van der Waals surface area contributed by atoms with Gasteiger partial charge in [0.05, 0.1) is 5.56 Å². The fourth-order valence-electron chi connectivity index (χ4n) is 3.04. The smallest absolute Gasteiger partial charge is 0.254 e. The summed E-state index contributed by atoms with van der Waals surface area (Å²) in [6, 6.07) is 2.21. The second kappa shape index (κ2) is 4.96. The van der Waals surface area contributed by atoms with E-state index < -0.39 is 0 Å². The maximum atomic E-state index is 12.1. The molecule has 3 rings (SSSR count). The van der Waals surface area contributed by atoms with Crippen LogP contribution in [0, 0.1) is 11.8 Å². The van der Waals surface area contributed by atoms with Gasteiger partial charge in [0.1, 0.15) is 0 Å². The summed E-state index contributed by atoms with van der Waals surface area (Å²) >= 11 is 1.58. The normalized spacial score (nSPS) is 31.1. The van der Waals surface area contributed by atoms with Crippen LogP contribution in [-0.2, 0) is 0 Å². The van der Waals surface area contributed by atoms with E-state index in [2.05, 4.69) is 0 Å². The zero-order valence-corrected chi connectivity index (χ0v) is 11.2. The Hall–Kier alpha value is -0.580. The van der Waals surface area contributed by atoms with Gasteiger partial charge in [0.2, 0.25) is 0 Å². The highest BCUT2D eigenvalue weighted by Crippen LogP contribution is 2.37. The molecule has 3 nitrogen and oxygen atoms in total. The van der Waals surface area contributed by atoms with E-state index in [4.69, 9.17) is 5.73 Å². The highest BCUT2D eigenvalue weighted by Gasteiger charge is 2.42. The van der Waals surface area contributed by atoms with Crippen molar-refractivity contribution in [2.45, 2.75) is 18.9 Å². The molecule has 1 saturated carbocycles. The van der Waals surface area contributed by atoms with Crippen LogP contribution < -0.4 is 5.73 Å². The molecule has 1 aromatic rings. The standard InChI is InChI=1S/C12H16N2OS.ClH/c13-11-2-1-8-5-14(6-10(8)11)12(15)9-3-4-16-7-9;/h3-4,7-8,10-11H,1-2,5-6,13H2;1H. The van der Waals surface area contributed by atoms with E-state index in [-0.39, 0.29) is 18.3 Å². The first-order chi connectivity index (χ1) is 7.75. The lowest BCUT2D eigenvalue weighted by molar-refractivity contribution is 0.0780. The molecule has 0 spiro atoms. The fourth-order valence-corrected chi connectivity index (χ4v) is 3.67. The van der Waals surface area contributed by atoms with Gasteiger partial charge in [-0.1, -0.05) is 0 Å². The number of nitrogens with zero attached hydrogens (tertiary/aromatic N) is 1. The van der Waals surface area contributed by atoms with Gasteiger partial charge in [-0.3, -0.25) is 4.79 Å². The van der Waals surface area contributed by atoms with Gasteiger partial charge in [-0.25, -0.2) is 0 Å². The third-order valence-electron chi connectivity index (χ3n) is 3.97. The summed E-state index contributed by atoms with van der Waals surface area (Å²) in [5, 5.41) is 3.88. The zero-order valence-electron chi connectivity index (χ0n) is 9.54. The van der Waals surface area contributed by atoms with Crippen LogP contribution in [0.1, 0.15) is 23.2 Å². The third-order valence-corrected chi connectivity index (χ3v) is 4.65. The number of likely N-dealkylation sites (tertiary alicyclic amines) is 1. The Morgan fingerprint density at radius 3 is 2.88 bits per heavy atom. The predicted octanol–water partition coefficient (Wildman–Crippen LogP) is 1.98. The van der Waals surface area contributed by atoms with Gasteiger partial charge in [0.25, 0.3) is 5.91 Å². The zero-order chi connectivity index (χ0) is 11.1. The van der Waals surface area contributed by atoms with E-state index in [0.29, 0.717) is 17.9 Å². The minimum atomic E-state index is 0. The van der Waals surface area contributed by atoms with Crippen LogP contribution in [0.2, 0.25) is 0 Å². The first-order valence-electron chi connectivity index (χ1n) is 5.83. The average molecular weight is 273 g/mol. The summed E-state index contributed by atoms with van der Waals surface area (Å²) in [6.07, 6.45) is 2.33. The molecule has 3 unspecified atom stereocenters. The Morgan fingerprint density at radius 2 is 2.24 bits per heavy atom. The summed E-state index contributed by atoms with van der Waals surface area (Å²) in [5.41, 5.74) is 6.90. The number of hydrogen-bond donors (Lipinski definition) is 1. The lowest BCUT2D eigenvalue weighted by Gasteiger charge is -2.18. The lowest BCUT2D eigenvalue weighted by atomic mass is 9.98. The first kappa shape index (κ1) is 12.9. The van der Waals surface area contributed by atoms with Crippen molar-refractivity contribution in [1.82, 2.24) is 4.90 Å². The van der Waals surface area contributed by atoms with Crippen LogP contribution >= 0.6 is 23.7 Å². The lowest BCUT2D eigenvalue weighted by Crippen LogP contribution is -2.33. The van der Waals surface area contributed by atoms with Crippen molar-refractivity contribution >= 4 is 29.7 Å². The van der Waals surface area contributed by atoms with E-state index >= 15 is 0 Å². The molecule has 0 aromatic carbocycles. The SMILES string of the molecule is Cl.NC1CCC2CN(C(=O)c3ccsc3)CC12. The molecule has 1 aliphatic carbocycles. The van der Waals surface area contributed by atoms with Crippen molar-refractivity contribution in [2.24, 2.45) is 17.6 Å². The van der Waals surface area contributed by atoms with Gasteiger partial charge in [0.15, 0.2) is 0 Å². The maximum absolute atomic E-state index is 12.1. The molecule has 94 valence electrons. The number of thiophene rings is 1. The Balaban J connectivity index is 0.00000108. The summed E-state index contributed by atoms with van der Waals surface area (Å²) in [5.74, 6) is 1.38. The number of carbonyl (C=O) groups excluding carboxylic acids is 1. The molecule has 1 amide bonds. The van der Waals surface area contributed by atoms with Crippen molar-refractivity contribution in [3.05, 3.63) is 22.4 Å². The van der Waals surface area contributed by atoms with Crippen molar-refractivity contribution in [3.63, 3.8) is 0 Å². The van der Waals surface area contributed by atoms with Gasteiger partial charge in [-0.15, -0.1) is 12.4 Å². The van der Waals surface area contributed by atoms with Crippen molar-refractivity contribution < 1.29 is 4.79 Å². The summed E-state index contributed by atoms with van der Waals surface area (Å²) in [6.45, 7) is 1.77. The van der Waals surface area contributed by atoms with Crippen LogP contribution in [0.3, 0.4) is 0 Å². The number of amides is 1. The quantitative estimate of drug-likeness (QED) is 0.850. The Bertz CT molecular complexity index is 395. The van der Waals surface area contributed by atoms with E-state index in [9.17, 15) is 4.79 Å². The molecule has 2 aliphatic rings. The van der Waals surface area contributed by atoms with Gasteiger partial charge < -0.3 is 10.6 Å². The average Bonchev–Trinajstić information content (AvgIpc) is 2.96. The van der Waals surface area contributed by atoms with Crippen LogP contribution in [0.5, 0.6) is 0 Å². The van der Waals surface area contributed by atoms with E-state index in [1.807, 2.05) is 21.7 Å². The van der Waals surface area contributed by atoms with Crippen molar-refractivity contribution in [3.8, 4) is 0 Å². The predicted molar refractivity (Wildman–Crippen MR) is 71.7 cm³/mol. The largest absolute Gasteiger partial charge is 0.338 e. The second-order valence-corrected chi connectivity index (χ2v) is 5.67. The molecule has 17 heavy (non-hydrogen) atoms. The second-order valence-electron chi connectivity index (χ2n) is 4.89. The molecule has 5 heteroatoms. The number of halogens is 1. The molecule has 2 N–H and O–H groups in total. The molecule has 0 bridgehead atoms. The van der Waals surface area contributed by atoms with Crippen LogP contribution in [-0.4, -0.2) is 29.9 Å². The van der Waals surface area contributed by atoms with Gasteiger partial charge in [-0.05, 0) is 36.1 Å². The van der Waals surface area contributed by atoms with Gasteiger partial charge >= 0.3 is 0 Å². The van der Waals surface area contributed by atoms with Crippen LogP contribution in [0.4, 0.5) is 0 Å². The highest BCUT2D eigenvalue weighted by molar-refractivity contribution is 7.08. The monoisotopic (exact) mass is 272 g/mol. The fraction of sp³-hybridized carbons (Fsp3) is 0.583. The summed E-state index contributed by atoms with van der Waals surface area (Å²) in [7, 11) is 0. The number of fused-ring (bicyclic) bond motifs is 1. The van der Waals surface area contributed by atoms with Crippen LogP contribution in [0.25, 0.3) is 0 Å². The minimum Gasteiger partial charge on any atom is -0.338 e. The Kier molecular flexibility index (Phi) is 3.76. The Labute approximate surface area is 111 Å². The highest BCUT2D eigenvalue weighted by atomic mass is 35.5. The van der Waals surface area contributed by atoms with Gasteiger partial charge in [-0.2, -0.15) is 11.3 Å². The topological polar surface area (TPSA) is 46.3 Å². The Morgan fingerprint density at radius 1 is 1.41 bits per heavy atom. The van der Waals surface area contributed by atoms with Gasteiger partial charge in [0, 0.05) is 24.5 Å². The summed E-state index contributed by atoms with van der Waals surface area (Å²) in [4.78, 5) is 14.1.